The van der Waals surface area contributed by atoms with Crippen LogP contribution >= 0.6 is 0 Å². The third kappa shape index (κ3) is 4.56. The quantitative estimate of drug-likeness (QED) is 0.646. The number of anilines is 1. The number of rotatable bonds is 6. The first-order chi connectivity index (χ1) is 13.5. The van der Waals surface area contributed by atoms with Crippen molar-refractivity contribution in [2.45, 2.75) is 20.0 Å². The molecule has 0 spiro atoms. The zero-order chi connectivity index (χ0) is 20.1. The van der Waals surface area contributed by atoms with Crippen LogP contribution in [0, 0.1) is 0 Å². The molecule has 1 N–H and O–H groups in total. The largest absolute Gasteiger partial charge is 0.491 e. The lowest BCUT2D eigenvalue weighted by Crippen LogP contribution is -2.12. The Morgan fingerprint density at radius 3 is 2.32 bits per heavy atom. The Morgan fingerprint density at radius 1 is 1.04 bits per heavy atom. The van der Waals surface area contributed by atoms with Gasteiger partial charge in [0.2, 0.25) is 0 Å². The van der Waals surface area contributed by atoms with Gasteiger partial charge in [-0.1, -0.05) is 5.16 Å². The summed E-state index contributed by atoms with van der Waals surface area (Å²) in [6.45, 7) is 3.91. The zero-order valence-corrected chi connectivity index (χ0v) is 15.8. The molecule has 0 bridgehead atoms. The van der Waals surface area contributed by atoms with Gasteiger partial charge < -0.3 is 19.3 Å². The molecule has 7 nitrogen and oxygen atoms in total. The maximum atomic E-state index is 12.4. The van der Waals surface area contributed by atoms with Gasteiger partial charge >= 0.3 is 5.97 Å². The van der Waals surface area contributed by atoms with Crippen molar-refractivity contribution in [3.05, 3.63) is 65.9 Å². The number of carbonyl (C=O) groups is 2. The summed E-state index contributed by atoms with van der Waals surface area (Å²) < 4.78 is 15.5. The molecular formula is C21H20N2O5. The fourth-order valence-corrected chi connectivity index (χ4v) is 2.49. The number of hydrogen-bond donors (Lipinski definition) is 1. The minimum absolute atomic E-state index is 0.0908. The lowest BCUT2D eigenvalue weighted by atomic mass is 10.1. The summed E-state index contributed by atoms with van der Waals surface area (Å²) in [6.07, 6.45) is 0.0908. The molecule has 0 unspecified atom stereocenters. The van der Waals surface area contributed by atoms with Crippen molar-refractivity contribution < 1.29 is 23.6 Å². The van der Waals surface area contributed by atoms with Gasteiger partial charge in [0.25, 0.3) is 5.91 Å². The van der Waals surface area contributed by atoms with Gasteiger partial charge in [-0.25, -0.2) is 4.79 Å². The Labute approximate surface area is 162 Å². The smallest absolute Gasteiger partial charge is 0.337 e. The zero-order valence-electron chi connectivity index (χ0n) is 15.8. The summed E-state index contributed by atoms with van der Waals surface area (Å²) in [6, 6.07) is 15.3. The first-order valence-corrected chi connectivity index (χ1v) is 8.70. The van der Waals surface area contributed by atoms with E-state index in [4.69, 9.17) is 9.26 Å². The molecule has 1 amide bonds. The molecule has 7 heteroatoms. The van der Waals surface area contributed by atoms with E-state index < -0.39 is 11.9 Å². The number of ether oxygens (including phenoxy) is 2. The van der Waals surface area contributed by atoms with E-state index in [0.29, 0.717) is 17.0 Å². The van der Waals surface area contributed by atoms with Gasteiger partial charge in [0.1, 0.15) is 5.75 Å². The normalized spacial score (nSPS) is 10.6. The fourth-order valence-electron chi connectivity index (χ4n) is 2.49. The van der Waals surface area contributed by atoms with Gasteiger partial charge in [0.15, 0.2) is 11.5 Å². The standard InChI is InChI=1S/C21H20N2O5/c1-13(2)27-17-10-6-14(7-11-17)19-12-18(23-28-19)20(24)22-16-8-4-15(5-9-16)21(25)26-3/h4-13H,1-3H3,(H,22,24). The highest BCUT2D eigenvalue weighted by molar-refractivity contribution is 6.03. The van der Waals surface area contributed by atoms with Crippen LogP contribution in [0.3, 0.4) is 0 Å². The summed E-state index contributed by atoms with van der Waals surface area (Å²) in [5, 5.41) is 6.53. The summed E-state index contributed by atoms with van der Waals surface area (Å²) in [5.74, 6) is 0.373. The van der Waals surface area contributed by atoms with E-state index in [-0.39, 0.29) is 11.8 Å². The Kier molecular flexibility index (Phi) is 5.74. The molecule has 0 saturated carbocycles. The number of esters is 1. The number of aromatic nitrogens is 1. The van der Waals surface area contributed by atoms with Gasteiger partial charge in [0, 0.05) is 17.3 Å². The predicted molar refractivity (Wildman–Crippen MR) is 103 cm³/mol. The number of hydrogen-bond acceptors (Lipinski definition) is 6. The van der Waals surface area contributed by atoms with Crippen molar-refractivity contribution >= 4 is 17.6 Å². The second-order valence-electron chi connectivity index (χ2n) is 6.29. The van der Waals surface area contributed by atoms with Crippen LogP contribution in [0.1, 0.15) is 34.7 Å². The van der Waals surface area contributed by atoms with E-state index in [9.17, 15) is 9.59 Å². The summed E-state index contributed by atoms with van der Waals surface area (Å²) >= 11 is 0. The van der Waals surface area contributed by atoms with E-state index in [2.05, 4.69) is 15.2 Å². The lowest BCUT2D eigenvalue weighted by Gasteiger charge is -2.09. The Balaban J connectivity index is 1.67. The van der Waals surface area contributed by atoms with E-state index in [1.165, 1.54) is 7.11 Å². The van der Waals surface area contributed by atoms with Crippen molar-refractivity contribution in [1.29, 1.82) is 0 Å². The molecule has 0 aliphatic rings. The summed E-state index contributed by atoms with van der Waals surface area (Å²) in [7, 11) is 1.31. The molecule has 0 saturated heterocycles. The minimum Gasteiger partial charge on any atom is -0.491 e. The number of carbonyl (C=O) groups excluding carboxylic acids is 2. The monoisotopic (exact) mass is 380 g/mol. The van der Waals surface area contributed by atoms with Gasteiger partial charge in [-0.3, -0.25) is 4.79 Å². The minimum atomic E-state index is -0.441. The average Bonchev–Trinajstić information content (AvgIpc) is 3.18. The SMILES string of the molecule is COC(=O)c1ccc(NC(=O)c2cc(-c3ccc(OC(C)C)cc3)on2)cc1. The van der Waals surface area contributed by atoms with E-state index in [1.54, 1.807) is 30.3 Å². The van der Waals surface area contributed by atoms with Gasteiger partial charge in [-0.2, -0.15) is 0 Å². The molecular weight excluding hydrogens is 360 g/mol. The molecule has 1 aromatic heterocycles. The highest BCUT2D eigenvalue weighted by Crippen LogP contribution is 2.24. The molecule has 0 aliphatic heterocycles. The van der Waals surface area contributed by atoms with Crippen LogP contribution in [0.4, 0.5) is 5.69 Å². The van der Waals surface area contributed by atoms with Crippen molar-refractivity contribution in [3.63, 3.8) is 0 Å². The highest BCUT2D eigenvalue weighted by Gasteiger charge is 2.14. The number of nitrogens with zero attached hydrogens (tertiary/aromatic N) is 1. The summed E-state index contributed by atoms with van der Waals surface area (Å²) in [5.41, 5.74) is 1.85. The van der Waals surface area contributed by atoms with Crippen LogP contribution in [0.2, 0.25) is 0 Å². The second-order valence-corrected chi connectivity index (χ2v) is 6.29. The molecule has 28 heavy (non-hydrogen) atoms. The molecule has 1 heterocycles. The molecule has 144 valence electrons. The van der Waals surface area contributed by atoms with Crippen molar-refractivity contribution in [2.24, 2.45) is 0 Å². The van der Waals surface area contributed by atoms with E-state index >= 15 is 0 Å². The third-order valence-electron chi connectivity index (χ3n) is 3.82. The Bertz CT molecular complexity index is 959. The molecule has 2 aromatic carbocycles. The Hall–Kier alpha value is -3.61. The number of methoxy groups -OCH3 is 1. The van der Waals surface area contributed by atoms with Gasteiger partial charge in [-0.05, 0) is 62.4 Å². The first-order valence-electron chi connectivity index (χ1n) is 8.70. The van der Waals surface area contributed by atoms with Gasteiger partial charge in [-0.15, -0.1) is 0 Å². The van der Waals surface area contributed by atoms with E-state index in [0.717, 1.165) is 11.3 Å². The second kappa shape index (κ2) is 8.39. The lowest BCUT2D eigenvalue weighted by molar-refractivity contribution is 0.0600. The maximum Gasteiger partial charge on any atom is 0.337 e. The topological polar surface area (TPSA) is 90.7 Å². The van der Waals surface area contributed by atoms with Crippen LogP contribution in [0.15, 0.2) is 59.1 Å². The third-order valence-corrected chi connectivity index (χ3v) is 3.82. The molecule has 0 radical (unpaired) electrons. The molecule has 0 atom stereocenters. The number of amides is 1. The van der Waals surface area contributed by atoms with Crippen LogP contribution < -0.4 is 10.1 Å². The molecule has 3 rings (SSSR count). The predicted octanol–water partition coefficient (Wildman–Crippen LogP) is 4.17. The van der Waals surface area contributed by atoms with Crippen LogP contribution in [-0.2, 0) is 4.74 Å². The molecule has 0 fully saturated rings. The summed E-state index contributed by atoms with van der Waals surface area (Å²) in [4.78, 5) is 23.8. The number of nitrogens with one attached hydrogen (secondary N) is 1. The highest BCUT2D eigenvalue weighted by atomic mass is 16.5. The van der Waals surface area contributed by atoms with Crippen molar-refractivity contribution in [1.82, 2.24) is 5.16 Å². The Morgan fingerprint density at radius 2 is 1.71 bits per heavy atom. The van der Waals surface area contributed by atoms with Crippen molar-refractivity contribution in [2.75, 3.05) is 12.4 Å². The first kappa shape index (κ1) is 19.2. The maximum absolute atomic E-state index is 12.4. The fraction of sp³-hybridized carbons (Fsp3) is 0.190. The van der Waals surface area contributed by atoms with Crippen LogP contribution in [0.25, 0.3) is 11.3 Å². The average molecular weight is 380 g/mol. The van der Waals surface area contributed by atoms with E-state index in [1.807, 2.05) is 38.1 Å². The van der Waals surface area contributed by atoms with Crippen LogP contribution in [0.5, 0.6) is 5.75 Å². The molecule has 0 aliphatic carbocycles. The number of benzene rings is 2. The van der Waals surface area contributed by atoms with Crippen molar-refractivity contribution in [3.8, 4) is 17.1 Å². The van der Waals surface area contributed by atoms with Crippen LogP contribution in [-0.4, -0.2) is 30.2 Å². The molecule has 3 aromatic rings. The van der Waals surface area contributed by atoms with Gasteiger partial charge in [0.05, 0.1) is 18.8 Å².